The predicted octanol–water partition coefficient (Wildman–Crippen LogP) is 0.995. The number of rotatable bonds is 8. The lowest BCUT2D eigenvalue weighted by molar-refractivity contribution is -0.123. The average Bonchev–Trinajstić information content (AvgIpc) is 3.27. The first-order valence-corrected chi connectivity index (χ1v) is 7.40. The molecule has 1 aliphatic carbocycles. The van der Waals surface area contributed by atoms with Crippen molar-refractivity contribution in [3.8, 4) is 0 Å². The van der Waals surface area contributed by atoms with Gasteiger partial charge in [-0.2, -0.15) is 0 Å². The van der Waals surface area contributed by atoms with Crippen LogP contribution in [0.3, 0.4) is 0 Å². The zero-order valence-corrected chi connectivity index (χ0v) is 12.9. The van der Waals surface area contributed by atoms with Crippen molar-refractivity contribution in [1.82, 2.24) is 10.2 Å². The van der Waals surface area contributed by atoms with E-state index in [1.54, 1.807) is 7.11 Å². The van der Waals surface area contributed by atoms with E-state index in [1.807, 2.05) is 31.3 Å². The van der Waals surface area contributed by atoms with Crippen molar-refractivity contribution in [2.45, 2.75) is 18.3 Å². The van der Waals surface area contributed by atoms with E-state index in [0.29, 0.717) is 13.2 Å². The number of anilines is 1. The molecule has 5 heteroatoms. The third kappa shape index (κ3) is 3.95. The lowest BCUT2D eigenvalue weighted by atomic mass is 9.95. The van der Waals surface area contributed by atoms with E-state index in [9.17, 15) is 4.79 Å². The first-order chi connectivity index (χ1) is 10.1. The van der Waals surface area contributed by atoms with Gasteiger partial charge < -0.3 is 20.7 Å². The van der Waals surface area contributed by atoms with Crippen LogP contribution >= 0.6 is 0 Å². The summed E-state index contributed by atoms with van der Waals surface area (Å²) in [5.41, 5.74) is 7.19. The van der Waals surface area contributed by atoms with Crippen LogP contribution in [0.2, 0.25) is 0 Å². The van der Waals surface area contributed by atoms with Crippen LogP contribution in [-0.2, 0) is 14.9 Å². The Hall–Kier alpha value is -1.59. The Morgan fingerprint density at radius 3 is 2.57 bits per heavy atom. The summed E-state index contributed by atoms with van der Waals surface area (Å²) in [6.07, 6.45) is 1.84. The summed E-state index contributed by atoms with van der Waals surface area (Å²) in [7, 11) is 3.72. The maximum atomic E-state index is 12.4. The monoisotopic (exact) mass is 291 g/mol. The molecule has 1 aliphatic rings. The second kappa shape index (κ2) is 6.91. The number of nitrogens with one attached hydrogen (secondary N) is 1. The van der Waals surface area contributed by atoms with Gasteiger partial charge in [-0.25, -0.2) is 0 Å². The van der Waals surface area contributed by atoms with Crippen LogP contribution in [0.5, 0.6) is 0 Å². The lowest BCUT2D eigenvalue weighted by Gasteiger charge is -2.19. The highest BCUT2D eigenvalue weighted by atomic mass is 16.5. The van der Waals surface area contributed by atoms with E-state index in [4.69, 9.17) is 10.5 Å². The molecule has 21 heavy (non-hydrogen) atoms. The van der Waals surface area contributed by atoms with Gasteiger partial charge in [0.05, 0.1) is 12.0 Å². The van der Waals surface area contributed by atoms with E-state index in [2.05, 4.69) is 10.2 Å². The number of ether oxygens (including phenoxy) is 1. The molecular formula is C16H25N3O2. The molecule has 0 aliphatic heterocycles. The number of nitrogens with two attached hydrogens (primary N) is 1. The predicted molar refractivity (Wildman–Crippen MR) is 84.1 cm³/mol. The molecule has 0 bridgehead atoms. The Morgan fingerprint density at radius 2 is 2.00 bits per heavy atom. The minimum Gasteiger partial charge on any atom is -0.399 e. The van der Waals surface area contributed by atoms with Crippen LogP contribution in [0, 0.1) is 0 Å². The number of hydrogen-bond acceptors (Lipinski definition) is 4. The largest absolute Gasteiger partial charge is 0.399 e. The highest BCUT2D eigenvalue weighted by molar-refractivity contribution is 5.91. The standard InChI is InChI=1S/C16H25N3O2/c1-19(11-12-21-2)10-9-18-15(20)16(7-8-16)13-3-5-14(17)6-4-13/h3-6H,7-12,17H2,1-2H3,(H,18,20). The quantitative estimate of drug-likeness (QED) is 0.701. The molecule has 1 aromatic rings. The molecule has 0 radical (unpaired) electrons. The zero-order chi connectivity index (χ0) is 15.3. The number of hydrogen-bond donors (Lipinski definition) is 2. The van der Waals surface area contributed by atoms with Gasteiger partial charge in [-0.3, -0.25) is 4.79 Å². The third-order valence-corrected chi connectivity index (χ3v) is 4.10. The molecule has 0 spiro atoms. The second-order valence-electron chi connectivity index (χ2n) is 5.76. The van der Waals surface area contributed by atoms with Gasteiger partial charge >= 0.3 is 0 Å². The number of nitrogen functional groups attached to an aromatic ring is 1. The molecule has 1 aromatic carbocycles. The summed E-state index contributed by atoms with van der Waals surface area (Å²) in [5.74, 6) is 0.132. The van der Waals surface area contributed by atoms with E-state index in [1.165, 1.54) is 0 Å². The Balaban J connectivity index is 1.82. The number of benzene rings is 1. The number of carbonyl (C=O) groups excluding carboxylic acids is 1. The van der Waals surface area contributed by atoms with Crippen molar-refractivity contribution in [3.05, 3.63) is 29.8 Å². The van der Waals surface area contributed by atoms with Crippen LogP contribution < -0.4 is 11.1 Å². The smallest absolute Gasteiger partial charge is 0.230 e. The lowest BCUT2D eigenvalue weighted by Crippen LogP contribution is -2.39. The summed E-state index contributed by atoms with van der Waals surface area (Å²) >= 11 is 0. The first-order valence-electron chi connectivity index (χ1n) is 7.40. The molecule has 3 N–H and O–H groups in total. The Labute approximate surface area is 126 Å². The fraction of sp³-hybridized carbons (Fsp3) is 0.562. The Kier molecular flexibility index (Phi) is 5.20. The fourth-order valence-electron chi connectivity index (χ4n) is 2.46. The maximum absolute atomic E-state index is 12.4. The van der Waals surface area contributed by atoms with Crippen molar-refractivity contribution in [1.29, 1.82) is 0 Å². The number of likely N-dealkylation sites (N-methyl/N-ethyl adjacent to an activating group) is 1. The molecule has 0 aromatic heterocycles. The first kappa shape index (κ1) is 15.8. The maximum Gasteiger partial charge on any atom is 0.230 e. The number of carbonyl (C=O) groups is 1. The van der Waals surface area contributed by atoms with Crippen molar-refractivity contribution in [2.24, 2.45) is 0 Å². The van der Waals surface area contributed by atoms with Gasteiger partial charge in [0.15, 0.2) is 0 Å². The molecule has 5 nitrogen and oxygen atoms in total. The van der Waals surface area contributed by atoms with E-state index in [-0.39, 0.29) is 11.3 Å². The molecule has 1 saturated carbocycles. The van der Waals surface area contributed by atoms with Gasteiger partial charge in [0, 0.05) is 32.4 Å². The van der Waals surface area contributed by atoms with Crippen LogP contribution in [0.25, 0.3) is 0 Å². The van der Waals surface area contributed by atoms with E-state index >= 15 is 0 Å². The summed E-state index contributed by atoms with van der Waals surface area (Å²) in [6, 6.07) is 7.65. The third-order valence-electron chi connectivity index (χ3n) is 4.10. The summed E-state index contributed by atoms with van der Waals surface area (Å²) in [5, 5.41) is 3.05. The zero-order valence-electron chi connectivity index (χ0n) is 12.9. The van der Waals surface area contributed by atoms with Crippen LogP contribution in [0.1, 0.15) is 18.4 Å². The van der Waals surface area contributed by atoms with Crippen LogP contribution in [0.15, 0.2) is 24.3 Å². The molecule has 116 valence electrons. The minimum atomic E-state index is -0.321. The molecule has 0 saturated heterocycles. The SMILES string of the molecule is COCCN(C)CCNC(=O)C1(c2ccc(N)cc2)CC1. The van der Waals surface area contributed by atoms with Crippen LogP contribution in [-0.4, -0.2) is 51.2 Å². The number of amides is 1. The topological polar surface area (TPSA) is 67.6 Å². The van der Waals surface area contributed by atoms with Crippen LogP contribution in [0.4, 0.5) is 5.69 Å². The number of nitrogens with zero attached hydrogens (tertiary/aromatic N) is 1. The van der Waals surface area contributed by atoms with Gasteiger partial charge in [-0.1, -0.05) is 12.1 Å². The normalized spacial score (nSPS) is 16.0. The molecule has 1 fully saturated rings. The molecule has 1 amide bonds. The van der Waals surface area contributed by atoms with Gasteiger partial charge in [0.1, 0.15) is 0 Å². The average molecular weight is 291 g/mol. The van der Waals surface area contributed by atoms with E-state index in [0.717, 1.165) is 37.2 Å². The Morgan fingerprint density at radius 1 is 1.33 bits per heavy atom. The summed E-state index contributed by atoms with van der Waals surface area (Å²) < 4.78 is 5.03. The molecule has 0 heterocycles. The molecular weight excluding hydrogens is 266 g/mol. The highest BCUT2D eigenvalue weighted by Gasteiger charge is 2.50. The summed E-state index contributed by atoms with van der Waals surface area (Å²) in [4.78, 5) is 14.6. The molecule has 0 unspecified atom stereocenters. The van der Waals surface area contributed by atoms with Crippen molar-refractivity contribution >= 4 is 11.6 Å². The molecule has 0 atom stereocenters. The van der Waals surface area contributed by atoms with Gasteiger partial charge in [-0.05, 0) is 37.6 Å². The van der Waals surface area contributed by atoms with Gasteiger partial charge in [-0.15, -0.1) is 0 Å². The minimum absolute atomic E-state index is 0.132. The molecule has 2 rings (SSSR count). The second-order valence-corrected chi connectivity index (χ2v) is 5.76. The van der Waals surface area contributed by atoms with Gasteiger partial charge in [0.2, 0.25) is 5.91 Å². The highest BCUT2D eigenvalue weighted by Crippen LogP contribution is 2.48. The van der Waals surface area contributed by atoms with Crippen molar-refractivity contribution < 1.29 is 9.53 Å². The number of methoxy groups -OCH3 is 1. The fourth-order valence-corrected chi connectivity index (χ4v) is 2.46. The Bertz CT molecular complexity index is 469. The summed E-state index contributed by atoms with van der Waals surface area (Å²) in [6.45, 7) is 3.07. The van der Waals surface area contributed by atoms with Gasteiger partial charge in [0.25, 0.3) is 0 Å². The van der Waals surface area contributed by atoms with Crippen molar-refractivity contribution in [2.75, 3.05) is 46.1 Å². The van der Waals surface area contributed by atoms with Crippen molar-refractivity contribution in [3.63, 3.8) is 0 Å². The van der Waals surface area contributed by atoms with E-state index < -0.39 is 0 Å².